The number of amides is 1. The Morgan fingerprint density at radius 3 is 2.18 bits per heavy atom. The SMILES string of the molecule is CC(C)(C)OC(=O)N1CCCC2(CCN(C3CCN(C4CCN(c5nccc(COc6ccc(C(C)(C)c7cc(Cl)cc(C#N)c7)cc6)n5)CC4)CC3)CC2)C1. The van der Waals surface area contributed by atoms with Gasteiger partial charge in [0.05, 0.1) is 17.3 Å². The number of aromatic nitrogens is 2. The van der Waals surface area contributed by atoms with Crippen LogP contribution in [0.2, 0.25) is 5.02 Å². The summed E-state index contributed by atoms with van der Waals surface area (Å²) in [6, 6.07) is 19.1. The van der Waals surface area contributed by atoms with Crippen molar-refractivity contribution in [2.24, 2.45) is 5.41 Å². The number of hydrogen-bond acceptors (Lipinski definition) is 9. The molecule has 0 unspecified atom stereocenters. The maximum absolute atomic E-state index is 12.8. The predicted molar refractivity (Wildman–Crippen MR) is 221 cm³/mol. The molecular weight excluding hydrogens is 722 g/mol. The number of nitrogens with zero attached hydrogens (tertiary/aromatic N) is 7. The summed E-state index contributed by atoms with van der Waals surface area (Å²) in [6.45, 7) is 18.7. The molecule has 56 heavy (non-hydrogen) atoms. The second-order valence-corrected chi connectivity index (χ2v) is 18.6. The Morgan fingerprint density at radius 1 is 0.857 bits per heavy atom. The van der Waals surface area contributed by atoms with E-state index < -0.39 is 5.60 Å². The number of carbonyl (C=O) groups is 1. The van der Waals surface area contributed by atoms with E-state index >= 15 is 0 Å². The van der Waals surface area contributed by atoms with Crippen LogP contribution in [0.5, 0.6) is 5.75 Å². The first-order chi connectivity index (χ1) is 26.8. The lowest BCUT2D eigenvalue weighted by molar-refractivity contribution is -0.0220. The fourth-order valence-corrected chi connectivity index (χ4v) is 9.67. The molecule has 1 aromatic heterocycles. The van der Waals surface area contributed by atoms with Gasteiger partial charge in [0, 0.05) is 54.9 Å². The molecule has 2 aromatic carbocycles. The second-order valence-electron chi connectivity index (χ2n) is 18.2. The van der Waals surface area contributed by atoms with Gasteiger partial charge in [-0.3, -0.25) is 0 Å². The summed E-state index contributed by atoms with van der Waals surface area (Å²) in [7, 11) is 0. The summed E-state index contributed by atoms with van der Waals surface area (Å²) >= 11 is 6.31. The van der Waals surface area contributed by atoms with Crippen LogP contribution in [-0.2, 0) is 16.8 Å². The van der Waals surface area contributed by atoms with Gasteiger partial charge < -0.3 is 29.1 Å². The van der Waals surface area contributed by atoms with E-state index in [4.69, 9.17) is 26.1 Å². The fourth-order valence-electron chi connectivity index (χ4n) is 9.43. The number of likely N-dealkylation sites (tertiary alicyclic amines) is 3. The van der Waals surface area contributed by atoms with Gasteiger partial charge in [-0.05, 0) is 151 Å². The molecule has 0 bridgehead atoms. The quantitative estimate of drug-likeness (QED) is 0.223. The number of hydrogen-bond donors (Lipinski definition) is 0. The molecule has 1 spiro atoms. The van der Waals surface area contributed by atoms with Crippen LogP contribution in [-0.4, -0.2) is 101 Å². The molecule has 1 amide bonds. The number of rotatable bonds is 8. The zero-order valence-corrected chi connectivity index (χ0v) is 34.9. The highest BCUT2D eigenvalue weighted by Gasteiger charge is 2.42. The van der Waals surface area contributed by atoms with E-state index in [9.17, 15) is 10.1 Å². The first-order valence-electron chi connectivity index (χ1n) is 20.8. The Morgan fingerprint density at radius 2 is 1.52 bits per heavy atom. The minimum absolute atomic E-state index is 0.142. The van der Waals surface area contributed by atoms with Gasteiger partial charge in [-0.1, -0.05) is 37.6 Å². The van der Waals surface area contributed by atoms with Crippen molar-refractivity contribution in [2.75, 3.05) is 57.3 Å². The third kappa shape index (κ3) is 9.61. The monoisotopic (exact) mass is 781 g/mol. The van der Waals surface area contributed by atoms with E-state index in [1.165, 1.54) is 45.2 Å². The smallest absolute Gasteiger partial charge is 0.410 e. The summed E-state index contributed by atoms with van der Waals surface area (Å²) in [4.78, 5) is 32.2. The molecule has 0 radical (unpaired) electrons. The molecule has 4 aliphatic rings. The van der Waals surface area contributed by atoms with Crippen LogP contribution in [0.3, 0.4) is 0 Å². The third-order valence-corrected chi connectivity index (χ3v) is 13.1. The Labute approximate surface area is 339 Å². The number of carbonyl (C=O) groups excluding carboxylic acids is 1. The van der Waals surface area contributed by atoms with E-state index in [0.717, 1.165) is 87.0 Å². The molecule has 0 saturated carbocycles. The van der Waals surface area contributed by atoms with Crippen LogP contribution in [0.25, 0.3) is 0 Å². The lowest BCUT2D eigenvalue weighted by Gasteiger charge is -2.50. The van der Waals surface area contributed by atoms with E-state index in [0.29, 0.717) is 29.3 Å². The van der Waals surface area contributed by atoms with Crippen LogP contribution < -0.4 is 9.64 Å². The maximum Gasteiger partial charge on any atom is 0.410 e. The van der Waals surface area contributed by atoms with Crippen LogP contribution in [0.15, 0.2) is 54.7 Å². The van der Waals surface area contributed by atoms with E-state index in [-0.39, 0.29) is 16.9 Å². The second kappa shape index (κ2) is 16.9. The average Bonchev–Trinajstić information content (AvgIpc) is 3.20. The van der Waals surface area contributed by atoms with Gasteiger partial charge in [0.1, 0.15) is 18.0 Å². The summed E-state index contributed by atoms with van der Waals surface area (Å²) in [6.07, 6.45) is 11.1. The van der Waals surface area contributed by atoms with Crippen molar-refractivity contribution < 1.29 is 14.3 Å². The van der Waals surface area contributed by atoms with Gasteiger partial charge in [-0.25, -0.2) is 14.8 Å². The zero-order valence-electron chi connectivity index (χ0n) is 34.1. The van der Waals surface area contributed by atoms with Crippen molar-refractivity contribution in [1.29, 1.82) is 5.26 Å². The Kier molecular flexibility index (Phi) is 12.2. The molecule has 0 aliphatic carbocycles. The van der Waals surface area contributed by atoms with Crippen molar-refractivity contribution in [3.05, 3.63) is 82.1 Å². The molecule has 4 aliphatic heterocycles. The molecule has 7 rings (SSSR count). The van der Waals surface area contributed by atoms with Gasteiger partial charge in [-0.15, -0.1) is 0 Å². The largest absolute Gasteiger partial charge is 0.487 e. The first kappa shape index (κ1) is 40.3. The van der Waals surface area contributed by atoms with Gasteiger partial charge in [-0.2, -0.15) is 5.26 Å². The number of ether oxygens (including phenoxy) is 2. The van der Waals surface area contributed by atoms with Crippen molar-refractivity contribution >= 4 is 23.6 Å². The lowest BCUT2D eigenvalue weighted by atomic mass is 9.72. The minimum atomic E-state index is -0.449. The number of anilines is 1. The molecule has 11 heteroatoms. The van der Waals surface area contributed by atoms with Crippen molar-refractivity contribution in [3.8, 4) is 11.8 Å². The highest BCUT2D eigenvalue weighted by Crippen LogP contribution is 2.41. The van der Waals surface area contributed by atoms with Crippen LogP contribution in [0.4, 0.5) is 10.7 Å². The molecule has 4 saturated heterocycles. The number of nitriles is 1. The van der Waals surface area contributed by atoms with Crippen LogP contribution >= 0.6 is 11.6 Å². The first-order valence-corrected chi connectivity index (χ1v) is 21.1. The van der Waals surface area contributed by atoms with E-state index in [2.05, 4.69) is 51.7 Å². The number of piperidine rings is 4. The average molecular weight is 782 g/mol. The summed E-state index contributed by atoms with van der Waals surface area (Å²) < 4.78 is 11.9. The Balaban J connectivity index is 0.840. The van der Waals surface area contributed by atoms with Crippen LogP contribution in [0.1, 0.15) is 108 Å². The van der Waals surface area contributed by atoms with Gasteiger partial charge in [0.25, 0.3) is 0 Å². The van der Waals surface area contributed by atoms with Gasteiger partial charge in [0.15, 0.2) is 0 Å². The van der Waals surface area contributed by atoms with Gasteiger partial charge in [0.2, 0.25) is 5.95 Å². The van der Waals surface area contributed by atoms with Crippen molar-refractivity contribution in [3.63, 3.8) is 0 Å². The highest BCUT2D eigenvalue weighted by molar-refractivity contribution is 6.30. The molecule has 0 atom stereocenters. The number of halogens is 1. The standard InChI is InChI=1S/C45H60ClN7O3/c1-43(2,3)56-42(54)53-20-6-16-45(32-53)17-25-51(26-18-45)39-12-21-50(22-13-39)38-14-23-52(24-15-38)41-48-19-11-37(49-41)31-55-40-9-7-34(8-10-40)44(4,5)35-27-33(30-47)28-36(46)29-35/h7-11,19,27-29,38-39H,6,12-18,20-26,31-32H2,1-5H3. The summed E-state index contributed by atoms with van der Waals surface area (Å²) in [5.74, 6) is 1.56. The van der Waals surface area contributed by atoms with E-state index in [1.54, 1.807) is 6.07 Å². The van der Waals surface area contributed by atoms with Crippen molar-refractivity contribution in [1.82, 2.24) is 24.7 Å². The molecule has 3 aromatic rings. The topological polar surface area (TPSA) is 98.1 Å². The maximum atomic E-state index is 12.8. The van der Waals surface area contributed by atoms with E-state index in [1.807, 2.05) is 62.2 Å². The Hall–Kier alpha value is -3.91. The molecule has 300 valence electrons. The summed E-state index contributed by atoms with van der Waals surface area (Å²) in [5.41, 5.74) is 3.00. The molecular formula is C45H60ClN7O3. The third-order valence-electron chi connectivity index (χ3n) is 12.9. The Bertz CT molecular complexity index is 1850. The molecule has 4 fully saturated rings. The predicted octanol–water partition coefficient (Wildman–Crippen LogP) is 8.45. The van der Waals surface area contributed by atoms with Crippen LogP contribution in [0, 0.1) is 16.7 Å². The zero-order chi connectivity index (χ0) is 39.5. The minimum Gasteiger partial charge on any atom is -0.487 e. The number of benzene rings is 2. The van der Waals surface area contributed by atoms with Crippen molar-refractivity contribution in [2.45, 2.75) is 116 Å². The molecule has 0 N–H and O–H groups in total. The van der Waals surface area contributed by atoms with Gasteiger partial charge >= 0.3 is 6.09 Å². The normalized spacial score (nSPS) is 20.5. The highest BCUT2D eigenvalue weighted by atomic mass is 35.5. The molecule has 5 heterocycles. The lowest BCUT2D eigenvalue weighted by Crippen LogP contribution is -2.55. The molecule has 10 nitrogen and oxygen atoms in total. The summed E-state index contributed by atoms with van der Waals surface area (Å²) in [5, 5.41) is 9.98. The fraction of sp³-hybridized carbons (Fsp3) is 0.600.